The molecule has 0 radical (unpaired) electrons. The van der Waals surface area contributed by atoms with Gasteiger partial charge in [0.2, 0.25) is 0 Å². The highest BCUT2D eigenvalue weighted by molar-refractivity contribution is 9.11. The molecule has 1 aromatic heterocycles. The fraction of sp³-hybridized carbons (Fsp3) is 0.231. The molecule has 2 aromatic rings. The lowest BCUT2D eigenvalue weighted by atomic mass is 10.0. The molecule has 0 saturated carbocycles. The molecule has 1 atom stereocenters. The first kappa shape index (κ1) is 13.1. The summed E-state index contributed by atoms with van der Waals surface area (Å²) in [6, 6.07) is 9.79. The Hall–Kier alpha value is -0.350. The van der Waals surface area contributed by atoms with E-state index in [1.165, 1.54) is 16.9 Å². The Morgan fingerprint density at radius 2 is 2.00 bits per heavy atom. The molecule has 1 unspecified atom stereocenters. The lowest BCUT2D eigenvalue weighted by molar-refractivity contribution is 0.224. The molecule has 0 saturated heterocycles. The summed E-state index contributed by atoms with van der Waals surface area (Å²) in [5.74, 6) is 0. The van der Waals surface area contributed by atoms with Crippen LogP contribution in [0.3, 0.4) is 0 Å². The quantitative estimate of drug-likeness (QED) is 0.856. The summed E-state index contributed by atoms with van der Waals surface area (Å²) < 4.78 is 0.932. The zero-order chi connectivity index (χ0) is 12.4. The van der Waals surface area contributed by atoms with Crippen LogP contribution in [0.2, 0.25) is 5.02 Å². The number of hydrogen-bond donors (Lipinski definition) is 1. The standard InChI is InChI=1S/C13H12BrClOS/c1-2-8-3-5-9(6-4-8)12(16)13-10(15)7-11(14)17-13/h3-7,12,16H,2H2,1H3. The molecular formula is C13H12BrClOS. The summed E-state index contributed by atoms with van der Waals surface area (Å²) in [7, 11) is 0. The summed E-state index contributed by atoms with van der Waals surface area (Å²) in [5, 5.41) is 10.9. The fourth-order valence-electron chi connectivity index (χ4n) is 1.63. The van der Waals surface area contributed by atoms with Crippen LogP contribution in [0.25, 0.3) is 0 Å². The summed E-state index contributed by atoms with van der Waals surface area (Å²) in [6.45, 7) is 2.11. The van der Waals surface area contributed by atoms with E-state index >= 15 is 0 Å². The molecule has 0 aliphatic rings. The van der Waals surface area contributed by atoms with Gasteiger partial charge < -0.3 is 5.11 Å². The van der Waals surface area contributed by atoms with Gasteiger partial charge in [-0.3, -0.25) is 0 Å². The van der Waals surface area contributed by atoms with Gasteiger partial charge in [-0.05, 0) is 39.5 Å². The maximum atomic E-state index is 10.3. The zero-order valence-electron chi connectivity index (χ0n) is 9.28. The first-order valence-corrected chi connectivity index (χ1v) is 7.32. The van der Waals surface area contributed by atoms with Crippen LogP contribution in [0.4, 0.5) is 0 Å². The minimum absolute atomic E-state index is 0.606. The van der Waals surface area contributed by atoms with E-state index < -0.39 is 6.10 Å². The van der Waals surface area contributed by atoms with Gasteiger partial charge >= 0.3 is 0 Å². The van der Waals surface area contributed by atoms with Crippen LogP contribution in [0.15, 0.2) is 34.1 Å². The van der Waals surface area contributed by atoms with Crippen LogP contribution in [-0.2, 0) is 6.42 Å². The Balaban J connectivity index is 2.30. The van der Waals surface area contributed by atoms with Gasteiger partial charge in [-0.25, -0.2) is 0 Å². The SMILES string of the molecule is CCc1ccc(C(O)c2sc(Br)cc2Cl)cc1. The minimum atomic E-state index is -0.648. The van der Waals surface area contributed by atoms with Crippen molar-refractivity contribution in [3.05, 3.63) is 55.1 Å². The molecule has 1 nitrogen and oxygen atoms in total. The second kappa shape index (κ2) is 5.53. The molecule has 4 heteroatoms. The highest BCUT2D eigenvalue weighted by atomic mass is 79.9. The van der Waals surface area contributed by atoms with E-state index in [1.54, 1.807) is 0 Å². The maximum Gasteiger partial charge on any atom is 0.115 e. The van der Waals surface area contributed by atoms with E-state index in [9.17, 15) is 5.11 Å². The average molecular weight is 332 g/mol. The molecule has 2 rings (SSSR count). The Morgan fingerprint density at radius 1 is 1.35 bits per heavy atom. The van der Waals surface area contributed by atoms with E-state index in [1.807, 2.05) is 30.3 Å². The molecule has 90 valence electrons. The van der Waals surface area contributed by atoms with Crippen LogP contribution in [0.1, 0.15) is 29.0 Å². The number of halogens is 2. The first-order valence-electron chi connectivity index (χ1n) is 5.33. The number of aryl methyl sites for hydroxylation is 1. The largest absolute Gasteiger partial charge is 0.383 e. The lowest BCUT2D eigenvalue weighted by Crippen LogP contribution is -1.97. The Kier molecular flexibility index (Phi) is 4.26. The predicted molar refractivity (Wildman–Crippen MR) is 76.9 cm³/mol. The number of aliphatic hydroxyl groups is 1. The van der Waals surface area contributed by atoms with Gasteiger partial charge in [0.15, 0.2) is 0 Å². The van der Waals surface area contributed by atoms with Gasteiger partial charge in [0.1, 0.15) is 6.10 Å². The van der Waals surface area contributed by atoms with E-state index in [0.29, 0.717) is 5.02 Å². The van der Waals surface area contributed by atoms with Gasteiger partial charge in [0, 0.05) is 0 Å². The summed E-state index contributed by atoms with van der Waals surface area (Å²) >= 11 is 10.9. The van der Waals surface area contributed by atoms with Crippen LogP contribution in [-0.4, -0.2) is 5.11 Å². The third-order valence-corrected chi connectivity index (χ3v) is 4.75. The molecule has 0 amide bonds. The minimum Gasteiger partial charge on any atom is -0.383 e. The van der Waals surface area contributed by atoms with Gasteiger partial charge in [0.25, 0.3) is 0 Å². The van der Waals surface area contributed by atoms with Crippen LogP contribution >= 0.6 is 38.9 Å². The van der Waals surface area contributed by atoms with E-state index in [2.05, 4.69) is 22.9 Å². The summed E-state index contributed by atoms with van der Waals surface area (Å²) in [5.41, 5.74) is 2.14. The summed E-state index contributed by atoms with van der Waals surface area (Å²) in [6.07, 6.45) is 0.353. The van der Waals surface area contributed by atoms with Gasteiger partial charge in [-0.15, -0.1) is 11.3 Å². The van der Waals surface area contributed by atoms with E-state index in [0.717, 1.165) is 20.6 Å². The second-order valence-electron chi connectivity index (χ2n) is 3.76. The summed E-state index contributed by atoms with van der Waals surface area (Å²) in [4.78, 5) is 0.780. The Bertz CT molecular complexity index is 507. The maximum absolute atomic E-state index is 10.3. The lowest BCUT2D eigenvalue weighted by Gasteiger charge is -2.10. The number of thiophene rings is 1. The molecule has 1 N–H and O–H groups in total. The fourth-order valence-corrected chi connectivity index (χ4v) is 3.70. The van der Waals surface area contributed by atoms with Crippen molar-refractivity contribution in [3.63, 3.8) is 0 Å². The Morgan fingerprint density at radius 3 is 2.47 bits per heavy atom. The van der Waals surface area contributed by atoms with Crippen molar-refractivity contribution in [1.82, 2.24) is 0 Å². The number of rotatable bonds is 3. The third-order valence-electron chi connectivity index (χ3n) is 2.64. The third kappa shape index (κ3) is 2.91. The smallest absolute Gasteiger partial charge is 0.115 e. The van der Waals surface area contributed by atoms with Crippen molar-refractivity contribution < 1.29 is 5.11 Å². The number of hydrogen-bond acceptors (Lipinski definition) is 2. The van der Waals surface area contributed by atoms with E-state index in [-0.39, 0.29) is 0 Å². The first-order chi connectivity index (χ1) is 8.11. The number of benzene rings is 1. The Labute approximate surface area is 118 Å². The van der Waals surface area contributed by atoms with Crippen molar-refractivity contribution in [1.29, 1.82) is 0 Å². The van der Waals surface area contributed by atoms with Crippen molar-refractivity contribution in [3.8, 4) is 0 Å². The molecule has 1 heterocycles. The number of aliphatic hydroxyl groups excluding tert-OH is 1. The molecule has 0 spiro atoms. The highest BCUT2D eigenvalue weighted by Crippen LogP contribution is 2.37. The molecule has 0 aliphatic carbocycles. The topological polar surface area (TPSA) is 20.2 Å². The predicted octanol–water partition coefficient (Wildman–Crippen LogP) is 4.81. The molecule has 0 bridgehead atoms. The average Bonchev–Trinajstić information content (AvgIpc) is 2.68. The molecule has 17 heavy (non-hydrogen) atoms. The van der Waals surface area contributed by atoms with Gasteiger partial charge in [0.05, 0.1) is 13.7 Å². The van der Waals surface area contributed by atoms with Crippen LogP contribution in [0, 0.1) is 0 Å². The van der Waals surface area contributed by atoms with Crippen molar-refractivity contribution >= 4 is 38.9 Å². The van der Waals surface area contributed by atoms with Crippen molar-refractivity contribution in [2.24, 2.45) is 0 Å². The molecule has 1 aromatic carbocycles. The van der Waals surface area contributed by atoms with E-state index in [4.69, 9.17) is 11.6 Å². The normalized spacial score (nSPS) is 12.7. The highest BCUT2D eigenvalue weighted by Gasteiger charge is 2.16. The molecule has 0 aliphatic heterocycles. The monoisotopic (exact) mass is 330 g/mol. The zero-order valence-corrected chi connectivity index (χ0v) is 12.4. The van der Waals surface area contributed by atoms with Crippen LogP contribution in [0.5, 0.6) is 0 Å². The molecule has 0 fully saturated rings. The van der Waals surface area contributed by atoms with Crippen LogP contribution < -0.4 is 0 Å². The van der Waals surface area contributed by atoms with Crippen molar-refractivity contribution in [2.45, 2.75) is 19.4 Å². The van der Waals surface area contributed by atoms with Crippen molar-refractivity contribution in [2.75, 3.05) is 0 Å². The van der Waals surface area contributed by atoms with Gasteiger partial charge in [-0.2, -0.15) is 0 Å². The van der Waals surface area contributed by atoms with Gasteiger partial charge in [-0.1, -0.05) is 42.8 Å². The second-order valence-corrected chi connectivity index (χ2v) is 6.63. The molecular weight excluding hydrogens is 320 g/mol.